The van der Waals surface area contributed by atoms with Crippen LogP contribution in [0.25, 0.3) is 0 Å². The Morgan fingerprint density at radius 3 is 2.26 bits per heavy atom. The van der Waals surface area contributed by atoms with Crippen LogP contribution in [-0.4, -0.2) is 79.4 Å². The molecule has 0 aromatic heterocycles. The molecule has 0 bridgehead atoms. The monoisotopic (exact) mass is 471 g/mol. The lowest BCUT2D eigenvalue weighted by molar-refractivity contribution is -0.136. The van der Waals surface area contributed by atoms with E-state index in [0.29, 0.717) is 52.0 Å². The Kier molecular flexibility index (Phi) is 7.46. The first kappa shape index (κ1) is 24.1. The number of piperidine rings is 1. The van der Waals surface area contributed by atoms with E-state index in [0.717, 1.165) is 37.0 Å². The van der Waals surface area contributed by atoms with Gasteiger partial charge < -0.3 is 19.4 Å². The Hall–Kier alpha value is -3.00. The number of hydrogen-bond acceptors (Lipinski definition) is 4. The van der Waals surface area contributed by atoms with Crippen molar-refractivity contribution in [3.05, 3.63) is 65.7 Å². The van der Waals surface area contributed by atoms with Crippen LogP contribution >= 0.6 is 0 Å². The molecule has 0 aliphatic carbocycles. The molecule has 0 N–H and O–H groups in total. The highest BCUT2D eigenvalue weighted by molar-refractivity contribution is 5.94. The molecule has 2 aliphatic rings. The van der Waals surface area contributed by atoms with Crippen molar-refractivity contribution in [3.63, 3.8) is 0 Å². The fourth-order valence-corrected chi connectivity index (χ4v) is 4.63. The van der Waals surface area contributed by atoms with E-state index in [1.807, 2.05) is 42.3 Å². The van der Waals surface area contributed by atoms with Gasteiger partial charge in [-0.3, -0.25) is 9.59 Å². The summed E-state index contributed by atoms with van der Waals surface area (Å²) in [6.07, 6.45) is 1.42. The fraction of sp³-hybridized carbons (Fsp3) is 0.462. The highest BCUT2D eigenvalue weighted by atomic mass is 19.1. The summed E-state index contributed by atoms with van der Waals surface area (Å²) in [7, 11) is 2.05. The quantitative estimate of drug-likeness (QED) is 0.648. The van der Waals surface area contributed by atoms with Crippen LogP contribution in [0.1, 0.15) is 29.6 Å². The molecule has 34 heavy (non-hydrogen) atoms. The molecule has 182 valence electrons. The summed E-state index contributed by atoms with van der Waals surface area (Å²) in [5.74, 6) is -1.08. The minimum atomic E-state index is -0.735. The molecule has 2 aromatic rings. The van der Waals surface area contributed by atoms with Crippen molar-refractivity contribution in [1.29, 1.82) is 0 Å². The minimum Gasteiger partial charge on any atom is -0.493 e. The number of likely N-dealkylation sites (N-methyl/N-ethyl adjacent to an activating group) is 1. The summed E-state index contributed by atoms with van der Waals surface area (Å²) in [5.41, 5.74) is -0.699. The van der Waals surface area contributed by atoms with Crippen molar-refractivity contribution < 1.29 is 23.1 Å². The predicted octanol–water partition coefficient (Wildman–Crippen LogP) is 3.43. The molecule has 0 spiro atoms. The van der Waals surface area contributed by atoms with Gasteiger partial charge in [-0.2, -0.15) is 0 Å². The highest BCUT2D eigenvalue weighted by Gasteiger charge is 2.40. The highest BCUT2D eigenvalue weighted by Crippen LogP contribution is 2.37. The summed E-state index contributed by atoms with van der Waals surface area (Å²) < 4.78 is 33.8. The topological polar surface area (TPSA) is 53.1 Å². The molecular formula is C26H31F2N3O3. The van der Waals surface area contributed by atoms with E-state index in [4.69, 9.17) is 4.74 Å². The van der Waals surface area contributed by atoms with Crippen LogP contribution in [0, 0.1) is 17.0 Å². The number of halogens is 2. The molecule has 2 fully saturated rings. The van der Waals surface area contributed by atoms with Gasteiger partial charge in [0.1, 0.15) is 17.4 Å². The molecular weight excluding hydrogens is 440 g/mol. The largest absolute Gasteiger partial charge is 0.493 e. The van der Waals surface area contributed by atoms with Gasteiger partial charge in [0.05, 0.1) is 12.2 Å². The summed E-state index contributed by atoms with van der Waals surface area (Å²) in [4.78, 5) is 31.7. The van der Waals surface area contributed by atoms with E-state index in [2.05, 4.69) is 4.90 Å². The van der Waals surface area contributed by atoms with E-state index in [9.17, 15) is 18.4 Å². The lowest BCUT2D eigenvalue weighted by Gasteiger charge is -2.42. The van der Waals surface area contributed by atoms with Crippen LogP contribution in [0.3, 0.4) is 0 Å². The lowest BCUT2D eigenvalue weighted by atomic mass is 9.75. The van der Waals surface area contributed by atoms with Gasteiger partial charge >= 0.3 is 0 Å². The molecule has 8 heteroatoms. The number of carbonyl (C=O) groups is 2. The number of hydrogen-bond donors (Lipinski definition) is 0. The summed E-state index contributed by atoms with van der Waals surface area (Å²) in [6, 6.07) is 12.4. The molecule has 2 aliphatic heterocycles. The summed E-state index contributed by atoms with van der Waals surface area (Å²) >= 11 is 0. The SMILES string of the molecule is CN1CCN(C(=O)CC2(COc3ccccc3)CCN(C(=O)c3cc(F)ccc3F)CC2)CC1. The van der Waals surface area contributed by atoms with Crippen molar-refractivity contribution in [2.75, 3.05) is 52.9 Å². The number of carbonyl (C=O) groups excluding carboxylic acids is 2. The third-order valence-corrected chi connectivity index (χ3v) is 6.94. The molecule has 2 heterocycles. The molecule has 0 unspecified atom stereocenters. The third kappa shape index (κ3) is 5.73. The Morgan fingerprint density at radius 2 is 1.59 bits per heavy atom. The zero-order valence-corrected chi connectivity index (χ0v) is 19.5. The van der Waals surface area contributed by atoms with Crippen LogP contribution in [-0.2, 0) is 4.79 Å². The molecule has 2 aromatic carbocycles. The minimum absolute atomic E-state index is 0.0979. The van der Waals surface area contributed by atoms with Gasteiger partial charge in [-0.25, -0.2) is 8.78 Å². The van der Waals surface area contributed by atoms with E-state index >= 15 is 0 Å². The van der Waals surface area contributed by atoms with Crippen molar-refractivity contribution in [2.45, 2.75) is 19.3 Å². The second kappa shape index (κ2) is 10.5. The van der Waals surface area contributed by atoms with Gasteiger partial charge in [-0.15, -0.1) is 0 Å². The molecule has 4 rings (SSSR count). The van der Waals surface area contributed by atoms with Crippen molar-refractivity contribution in [3.8, 4) is 5.75 Å². The van der Waals surface area contributed by atoms with Crippen LogP contribution < -0.4 is 4.74 Å². The number of amides is 2. The van der Waals surface area contributed by atoms with Crippen molar-refractivity contribution in [1.82, 2.24) is 14.7 Å². The molecule has 0 saturated carbocycles. The van der Waals surface area contributed by atoms with Gasteiger partial charge in [-0.1, -0.05) is 18.2 Å². The van der Waals surface area contributed by atoms with E-state index in [1.165, 1.54) is 0 Å². The van der Waals surface area contributed by atoms with E-state index in [1.54, 1.807) is 4.90 Å². The maximum absolute atomic E-state index is 14.2. The van der Waals surface area contributed by atoms with E-state index < -0.39 is 23.0 Å². The standard InChI is InChI=1S/C26H31F2N3O3/c1-29-13-15-30(16-14-29)24(32)18-26(19-34-21-5-3-2-4-6-21)9-11-31(12-10-26)25(33)22-17-20(27)7-8-23(22)28/h2-8,17H,9-16,18-19H2,1H3. The van der Waals surface area contributed by atoms with Gasteiger partial charge in [0, 0.05) is 51.1 Å². The number of benzene rings is 2. The second-order valence-electron chi connectivity index (χ2n) is 9.38. The first-order valence-corrected chi connectivity index (χ1v) is 11.7. The van der Waals surface area contributed by atoms with Gasteiger partial charge in [0.15, 0.2) is 0 Å². The van der Waals surface area contributed by atoms with Gasteiger partial charge in [0.25, 0.3) is 5.91 Å². The first-order chi connectivity index (χ1) is 16.3. The number of nitrogens with zero attached hydrogens (tertiary/aromatic N) is 3. The lowest BCUT2D eigenvalue weighted by Crippen LogP contribution is -2.51. The Morgan fingerprint density at radius 1 is 0.912 bits per heavy atom. The van der Waals surface area contributed by atoms with Crippen LogP contribution in [0.2, 0.25) is 0 Å². The number of piperazine rings is 1. The summed E-state index contributed by atoms with van der Waals surface area (Å²) in [5, 5.41) is 0. The molecule has 2 saturated heterocycles. The zero-order chi connectivity index (χ0) is 24.1. The Bertz CT molecular complexity index is 1000. The average Bonchev–Trinajstić information content (AvgIpc) is 2.85. The number of likely N-dealkylation sites (tertiary alicyclic amines) is 1. The number of para-hydroxylation sites is 1. The Balaban J connectivity index is 1.46. The van der Waals surface area contributed by atoms with Crippen molar-refractivity contribution >= 4 is 11.8 Å². The maximum Gasteiger partial charge on any atom is 0.256 e. The third-order valence-electron chi connectivity index (χ3n) is 6.94. The number of ether oxygens (including phenoxy) is 1. The Labute approximate surface area is 199 Å². The zero-order valence-electron chi connectivity index (χ0n) is 19.5. The smallest absolute Gasteiger partial charge is 0.256 e. The fourth-order valence-electron chi connectivity index (χ4n) is 4.63. The first-order valence-electron chi connectivity index (χ1n) is 11.7. The number of rotatable bonds is 6. The average molecular weight is 472 g/mol. The molecule has 0 radical (unpaired) electrons. The normalized spacial score (nSPS) is 18.6. The molecule has 2 amide bonds. The molecule has 6 nitrogen and oxygen atoms in total. The van der Waals surface area contributed by atoms with Crippen LogP contribution in [0.4, 0.5) is 8.78 Å². The van der Waals surface area contributed by atoms with Crippen LogP contribution in [0.15, 0.2) is 48.5 Å². The van der Waals surface area contributed by atoms with Gasteiger partial charge in [0.2, 0.25) is 5.91 Å². The summed E-state index contributed by atoms with van der Waals surface area (Å²) in [6.45, 7) is 4.16. The second-order valence-corrected chi connectivity index (χ2v) is 9.38. The van der Waals surface area contributed by atoms with Crippen LogP contribution in [0.5, 0.6) is 5.75 Å². The predicted molar refractivity (Wildman–Crippen MR) is 125 cm³/mol. The molecule has 0 atom stereocenters. The maximum atomic E-state index is 14.2. The van der Waals surface area contributed by atoms with E-state index in [-0.39, 0.29) is 11.5 Å². The van der Waals surface area contributed by atoms with Gasteiger partial charge in [-0.05, 0) is 50.2 Å². The van der Waals surface area contributed by atoms with Crippen molar-refractivity contribution in [2.24, 2.45) is 5.41 Å².